The van der Waals surface area contributed by atoms with Gasteiger partial charge in [-0.15, -0.1) is 0 Å². The molecule has 0 aliphatic carbocycles. The number of hydrogen-bond donors (Lipinski definition) is 2. The van der Waals surface area contributed by atoms with Gasteiger partial charge in [-0.05, 0) is 18.6 Å². The summed E-state index contributed by atoms with van der Waals surface area (Å²) in [4.78, 5) is 27.2. The summed E-state index contributed by atoms with van der Waals surface area (Å²) in [6.07, 6.45) is 1.13. The lowest BCUT2D eigenvalue weighted by Crippen LogP contribution is -2.39. The fraction of sp³-hybridized carbons (Fsp3) is 0.462. The highest BCUT2D eigenvalue weighted by atomic mass is 19.1. The highest BCUT2D eigenvalue weighted by molar-refractivity contribution is 5.95. The molecule has 1 aliphatic rings. The van der Waals surface area contributed by atoms with E-state index < -0.39 is 36.1 Å². The largest absolute Gasteiger partial charge is 0.393 e. The van der Waals surface area contributed by atoms with Crippen molar-refractivity contribution in [1.29, 1.82) is 0 Å². The number of aliphatic hydroxyl groups is 1. The summed E-state index contributed by atoms with van der Waals surface area (Å²) in [5.41, 5.74) is 2.75. The number of carbonyl (C=O) groups excluding carboxylic acids is 1. The zero-order valence-electron chi connectivity index (χ0n) is 11.4. The van der Waals surface area contributed by atoms with Crippen LogP contribution in [0.1, 0.15) is 19.6 Å². The van der Waals surface area contributed by atoms with Crippen LogP contribution in [-0.4, -0.2) is 38.8 Å². The minimum atomic E-state index is -2.08. The number of Topliss-reactive ketones (excluding diaryl/α,β-unsaturated/α-hetero) is 1. The fourth-order valence-corrected chi connectivity index (χ4v) is 2.11. The lowest BCUT2D eigenvalue weighted by molar-refractivity contribution is -0.134. The van der Waals surface area contributed by atoms with E-state index in [1.807, 2.05) is 6.92 Å². The molecule has 0 saturated carbocycles. The van der Waals surface area contributed by atoms with Gasteiger partial charge in [0.1, 0.15) is 5.82 Å². The summed E-state index contributed by atoms with van der Waals surface area (Å²) in [7, 11) is 0. The van der Waals surface area contributed by atoms with Crippen LogP contribution >= 0.6 is 0 Å². The zero-order chi connectivity index (χ0) is 15.6. The van der Waals surface area contributed by atoms with Crippen LogP contribution in [-0.2, 0) is 9.53 Å². The maximum absolute atomic E-state index is 14.2. The second-order valence-corrected chi connectivity index (χ2v) is 4.67. The number of nitrogens with zero attached hydrogens (tertiary/aromatic N) is 2. The van der Waals surface area contributed by atoms with E-state index in [0.29, 0.717) is 6.42 Å². The molecule has 0 amide bonds. The number of aliphatic hydroxyl groups excluding tert-OH is 1. The molecule has 0 bridgehead atoms. The van der Waals surface area contributed by atoms with Crippen molar-refractivity contribution in [3.8, 4) is 0 Å². The van der Waals surface area contributed by atoms with E-state index >= 15 is 0 Å². The van der Waals surface area contributed by atoms with Crippen molar-refractivity contribution in [2.75, 3.05) is 12.3 Å². The average molecular weight is 297 g/mol. The number of aromatic nitrogens is 2. The summed E-state index contributed by atoms with van der Waals surface area (Å²) < 4.78 is 20.4. The minimum Gasteiger partial charge on any atom is -0.393 e. The number of anilines is 1. The standard InChI is InChI=1S/C13H16FN3O4/c1-2-3-5-13(7-18)10(19)9(14)11(21-13)17-6-4-8(15)16-12(17)20/h3-6,9,11,18H,2,7H2,1H3,(H2,15,16,20)/b5-3+/t9-,11-,13-/m1/s1. The predicted octanol–water partition coefficient (Wildman–Crippen LogP) is -0.0412. The number of ether oxygens (including phenoxy) is 1. The Kier molecular flexibility index (Phi) is 4.19. The van der Waals surface area contributed by atoms with Crippen LogP contribution in [0.2, 0.25) is 0 Å². The molecule has 0 spiro atoms. The van der Waals surface area contributed by atoms with Gasteiger partial charge in [0.05, 0.1) is 6.61 Å². The van der Waals surface area contributed by atoms with Gasteiger partial charge in [-0.3, -0.25) is 9.36 Å². The number of nitrogens with two attached hydrogens (primary N) is 1. The zero-order valence-corrected chi connectivity index (χ0v) is 11.4. The summed E-state index contributed by atoms with van der Waals surface area (Å²) in [5.74, 6) is -0.946. The summed E-state index contributed by atoms with van der Waals surface area (Å²) in [6, 6.07) is 1.29. The number of carbonyl (C=O) groups is 1. The quantitative estimate of drug-likeness (QED) is 0.755. The van der Waals surface area contributed by atoms with Gasteiger partial charge in [0.2, 0.25) is 12.0 Å². The van der Waals surface area contributed by atoms with E-state index in [9.17, 15) is 19.1 Å². The molecule has 7 nitrogen and oxygen atoms in total. The molecule has 0 radical (unpaired) electrons. The van der Waals surface area contributed by atoms with Gasteiger partial charge in [-0.2, -0.15) is 4.98 Å². The van der Waals surface area contributed by atoms with Crippen LogP contribution in [0, 0.1) is 0 Å². The molecule has 1 aromatic heterocycles. The van der Waals surface area contributed by atoms with Crippen LogP contribution in [0.4, 0.5) is 10.2 Å². The number of hydrogen-bond acceptors (Lipinski definition) is 6. The molecule has 1 aromatic rings. The Morgan fingerprint density at radius 3 is 2.90 bits per heavy atom. The molecule has 3 atom stereocenters. The van der Waals surface area contributed by atoms with Crippen molar-refractivity contribution < 1.29 is 19.0 Å². The Hall–Kier alpha value is -2.06. The first-order chi connectivity index (χ1) is 9.95. The van der Waals surface area contributed by atoms with E-state index in [0.717, 1.165) is 4.57 Å². The number of allylic oxidation sites excluding steroid dienone is 1. The molecule has 21 heavy (non-hydrogen) atoms. The minimum absolute atomic E-state index is 0.0183. The van der Waals surface area contributed by atoms with Crippen molar-refractivity contribution in [2.45, 2.75) is 31.3 Å². The van der Waals surface area contributed by atoms with Gasteiger partial charge in [-0.1, -0.05) is 13.0 Å². The maximum atomic E-state index is 14.2. The predicted molar refractivity (Wildman–Crippen MR) is 72.2 cm³/mol. The second-order valence-electron chi connectivity index (χ2n) is 4.67. The Balaban J connectivity index is 2.42. The van der Waals surface area contributed by atoms with E-state index in [1.54, 1.807) is 6.08 Å². The summed E-state index contributed by atoms with van der Waals surface area (Å²) in [5, 5.41) is 9.42. The Bertz CT molecular complexity index is 630. The van der Waals surface area contributed by atoms with E-state index in [4.69, 9.17) is 10.5 Å². The fourth-order valence-electron chi connectivity index (χ4n) is 2.11. The topological polar surface area (TPSA) is 107 Å². The number of halogens is 1. The smallest absolute Gasteiger partial charge is 0.351 e. The third kappa shape index (κ3) is 2.59. The molecule has 1 saturated heterocycles. The molecule has 2 heterocycles. The van der Waals surface area contributed by atoms with Crippen molar-refractivity contribution >= 4 is 11.6 Å². The summed E-state index contributed by atoms with van der Waals surface area (Å²) in [6.45, 7) is 1.11. The number of ketones is 1. The monoisotopic (exact) mass is 297 g/mol. The van der Waals surface area contributed by atoms with Gasteiger partial charge < -0.3 is 15.6 Å². The van der Waals surface area contributed by atoms with E-state index in [-0.39, 0.29) is 5.82 Å². The molecular formula is C13H16FN3O4. The van der Waals surface area contributed by atoms with Gasteiger partial charge >= 0.3 is 5.69 Å². The van der Waals surface area contributed by atoms with Gasteiger partial charge in [0, 0.05) is 6.20 Å². The Morgan fingerprint density at radius 2 is 2.33 bits per heavy atom. The Labute approximate surface area is 119 Å². The van der Waals surface area contributed by atoms with Gasteiger partial charge in [-0.25, -0.2) is 9.18 Å². The highest BCUT2D eigenvalue weighted by Crippen LogP contribution is 2.36. The molecular weight excluding hydrogens is 281 g/mol. The number of rotatable bonds is 4. The van der Waals surface area contributed by atoms with Crippen LogP contribution in [0.3, 0.4) is 0 Å². The Morgan fingerprint density at radius 1 is 1.62 bits per heavy atom. The first-order valence-electron chi connectivity index (χ1n) is 6.44. The first kappa shape index (κ1) is 15.3. The normalized spacial score (nSPS) is 29.4. The molecule has 3 N–H and O–H groups in total. The van der Waals surface area contributed by atoms with Gasteiger partial charge in [0.25, 0.3) is 0 Å². The van der Waals surface area contributed by atoms with Crippen molar-refractivity contribution in [2.24, 2.45) is 0 Å². The second kappa shape index (κ2) is 5.74. The van der Waals surface area contributed by atoms with Crippen LogP contribution in [0.5, 0.6) is 0 Å². The molecule has 1 fully saturated rings. The van der Waals surface area contributed by atoms with Crippen molar-refractivity contribution in [3.05, 3.63) is 34.9 Å². The van der Waals surface area contributed by atoms with Crippen molar-refractivity contribution in [3.63, 3.8) is 0 Å². The molecule has 1 aliphatic heterocycles. The SMILES string of the molecule is CC/C=C/[C@]1(CO)O[C@@H](n2ccc(N)nc2=O)[C@H](F)C1=O. The van der Waals surface area contributed by atoms with Crippen LogP contribution in [0.15, 0.2) is 29.2 Å². The van der Waals surface area contributed by atoms with Crippen LogP contribution in [0.25, 0.3) is 0 Å². The first-order valence-corrected chi connectivity index (χ1v) is 6.44. The number of nitrogen functional groups attached to an aromatic ring is 1. The highest BCUT2D eigenvalue weighted by Gasteiger charge is 2.54. The van der Waals surface area contributed by atoms with E-state index in [1.165, 1.54) is 18.3 Å². The molecule has 114 valence electrons. The molecule has 2 rings (SSSR count). The average Bonchev–Trinajstić information content (AvgIpc) is 2.71. The molecule has 8 heteroatoms. The lowest BCUT2D eigenvalue weighted by atomic mass is 9.97. The number of alkyl halides is 1. The van der Waals surface area contributed by atoms with Crippen molar-refractivity contribution in [1.82, 2.24) is 9.55 Å². The maximum Gasteiger partial charge on any atom is 0.351 e. The van der Waals surface area contributed by atoms with Gasteiger partial charge in [0.15, 0.2) is 11.8 Å². The van der Waals surface area contributed by atoms with Crippen LogP contribution < -0.4 is 11.4 Å². The third-order valence-electron chi connectivity index (χ3n) is 3.23. The van der Waals surface area contributed by atoms with E-state index in [2.05, 4.69) is 4.98 Å². The lowest BCUT2D eigenvalue weighted by Gasteiger charge is -2.21. The summed E-state index contributed by atoms with van der Waals surface area (Å²) >= 11 is 0. The molecule has 0 aromatic carbocycles. The molecule has 0 unspecified atom stereocenters. The third-order valence-corrected chi connectivity index (χ3v) is 3.23.